The molecule has 1 aliphatic carbocycles. The van der Waals surface area contributed by atoms with Crippen LogP contribution in [0.2, 0.25) is 0 Å². The first kappa shape index (κ1) is 9.41. The summed E-state index contributed by atoms with van der Waals surface area (Å²) in [5.41, 5.74) is 3.20. The van der Waals surface area contributed by atoms with E-state index in [1.807, 2.05) is 0 Å². The Balaban J connectivity index is 1.92. The largest absolute Gasteiger partial charge is 0.303 e. The third-order valence-electron chi connectivity index (χ3n) is 4.23. The van der Waals surface area contributed by atoms with E-state index in [0.29, 0.717) is 0 Å². The fourth-order valence-corrected chi connectivity index (χ4v) is 3.35. The van der Waals surface area contributed by atoms with Crippen LogP contribution >= 0.6 is 0 Å². The van der Waals surface area contributed by atoms with Crippen molar-refractivity contribution in [3.05, 3.63) is 35.4 Å². The van der Waals surface area contributed by atoms with Gasteiger partial charge in [0.1, 0.15) is 0 Å². The minimum absolute atomic E-state index is 0.814. The summed E-state index contributed by atoms with van der Waals surface area (Å²) in [6, 6.07) is 9.82. The summed E-state index contributed by atoms with van der Waals surface area (Å²) >= 11 is 0. The topological polar surface area (TPSA) is 3.24 Å². The normalized spacial score (nSPS) is 30.7. The number of likely N-dealkylation sites (N-methyl/N-ethyl adjacent to an activating group) is 1. The highest BCUT2D eigenvalue weighted by atomic mass is 15.1. The van der Waals surface area contributed by atoms with Gasteiger partial charge in [-0.3, -0.25) is 0 Å². The zero-order valence-corrected chi connectivity index (χ0v) is 9.45. The summed E-state index contributed by atoms with van der Waals surface area (Å²) in [4.78, 5) is 2.57. The molecule has 2 atom stereocenters. The summed E-state index contributed by atoms with van der Waals surface area (Å²) < 4.78 is 0. The van der Waals surface area contributed by atoms with E-state index in [9.17, 15) is 0 Å². The molecule has 1 aromatic rings. The number of fused-ring (bicyclic) bond motifs is 2. The van der Waals surface area contributed by atoms with Crippen molar-refractivity contribution in [3.63, 3.8) is 0 Å². The van der Waals surface area contributed by atoms with Crippen LogP contribution in [0.5, 0.6) is 0 Å². The van der Waals surface area contributed by atoms with Crippen molar-refractivity contribution < 1.29 is 0 Å². The zero-order valence-electron chi connectivity index (χ0n) is 9.45. The Morgan fingerprint density at radius 2 is 1.87 bits per heavy atom. The van der Waals surface area contributed by atoms with Gasteiger partial charge in [-0.15, -0.1) is 0 Å². The SMILES string of the molecule is CN1CCC[C@H]2Cc3ccccc3C[C@@H]21. The van der Waals surface area contributed by atoms with E-state index in [1.165, 1.54) is 32.2 Å². The Morgan fingerprint density at radius 1 is 1.13 bits per heavy atom. The van der Waals surface area contributed by atoms with Gasteiger partial charge in [0.25, 0.3) is 0 Å². The van der Waals surface area contributed by atoms with Crippen LogP contribution < -0.4 is 0 Å². The minimum atomic E-state index is 0.814. The van der Waals surface area contributed by atoms with Crippen LogP contribution in [0.15, 0.2) is 24.3 Å². The van der Waals surface area contributed by atoms with Gasteiger partial charge in [-0.1, -0.05) is 24.3 Å². The predicted octanol–water partition coefficient (Wildman–Crippen LogP) is 2.50. The van der Waals surface area contributed by atoms with Gasteiger partial charge in [0.05, 0.1) is 0 Å². The van der Waals surface area contributed by atoms with Gasteiger partial charge in [0, 0.05) is 6.04 Å². The van der Waals surface area contributed by atoms with Gasteiger partial charge in [0.15, 0.2) is 0 Å². The summed E-state index contributed by atoms with van der Waals surface area (Å²) in [6.07, 6.45) is 5.41. The number of benzene rings is 1. The minimum Gasteiger partial charge on any atom is -0.303 e. The number of piperidine rings is 1. The van der Waals surface area contributed by atoms with Crippen LogP contribution in [-0.4, -0.2) is 24.5 Å². The van der Waals surface area contributed by atoms with E-state index in [2.05, 4.69) is 36.2 Å². The second-order valence-electron chi connectivity index (χ2n) is 5.13. The first-order valence-corrected chi connectivity index (χ1v) is 6.11. The lowest BCUT2D eigenvalue weighted by molar-refractivity contribution is 0.112. The van der Waals surface area contributed by atoms with Crippen LogP contribution in [0.25, 0.3) is 0 Å². The maximum atomic E-state index is 2.57. The van der Waals surface area contributed by atoms with Crippen molar-refractivity contribution >= 4 is 0 Å². The van der Waals surface area contributed by atoms with Crippen molar-refractivity contribution in [2.45, 2.75) is 31.7 Å². The zero-order chi connectivity index (χ0) is 10.3. The molecule has 15 heavy (non-hydrogen) atoms. The van der Waals surface area contributed by atoms with Crippen LogP contribution in [0.4, 0.5) is 0 Å². The van der Waals surface area contributed by atoms with Gasteiger partial charge >= 0.3 is 0 Å². The fraction of sp³-hybridized carbons (Fsp3) is 0.571. The molecule has 1 saturated heterocycles. The number of hydrogen-bond acceptors (Lipinski definition) is 1. The molecule has 3 rings (SSSR count). The summed E-state index contributed by atoms with van der Waals surface area (Å²) in [5.74, 6) is 0.915. The molecule has 1 aromatic carbocycles. The van der Waals surface area contributed by atoms with Crippen molar-refractivity contribution in [2.75, 3.05) is 13.6 Å². The molecule has 0 amide bonds. The average Bonchev–Trinajstić information content (AvgIpc) is 2.27. The third-order valence-corrected chi connectivity index (χ3v) is 4.23. The van der Waals surface area contributed by atoms with Crippen LogP contribution in [0.3, 0.4) is 0 Å². The highest BCUT2D eigenvalue weighted by Gasteiger charge is 2.33. The van der Waals surface area contributed by atoms with Gasteiger partial charge < -0.3 is 4.90 Å². The Hall–Kier alpha value is -0.820. The van der Waals surface area contributed by atoms with Crippen LogP contribution in [0.1, 0.15) is 24.0 Å². The van der Waals surface area contributed by atoms with Gasteiger partial charge in [-0.2, -0.15) is 0 Å². The van der Waals surface area contributed by atoms with E-state index in [1.54, 1.807) is 11.1 Å². The monoisotopic (exact) mass is 201 g/mol. The summed E-state index contributed by atoms with van der Waals surface area (Å²) in [6.45, 7) is 1.29. The molecule has 1 heteroatoms. The molecule has 0 N–H and O–H groups in total. The number of likely N-dealkylation sites (tertiary alicyclic amines) is 1. The molecule has 80 valence electrons. The summed E-state index contributed by atoms with van der Waals surface area (Å²) in [7, 11) is 2.30. The van der Waals surface area contributed by atoms with Gasteiger partial charge in [-0.05, 0) is 56.3 Å². The van der Waals surface area contributed by atoms with E-state index < -0.39 is 0 Å². The Bertz CT molecular complexity index is 358. The molecule has 1 fully saturated rings. The van der Waals surface area contributed by atoms with E-state index in [0.717, 1.165) is 12.0 Å². The highest BCUT2D eigenvalue weighted by molar-refractivity contribution is 5.31. The lowest BCUT2D eigenvalue weighted by Crippen LogP contribution is -2.47. The quantitative estimate of drug-likeness (QED) is 0.623. The molecule has 0 radical (unpaired) electrons. The average molecular weight is 201 g/mol. The molecule has 0 aromatic heterocycles. The van der Waals surface area contributed by atoms with Crippen molar-refractivity contribution in [1.82, 2.24) is 4.90 Å². The van der Waals surface area contributed by atoms with Crippen molar-refractivity contribution in [2.24, 2.45) is 5.92 Å². The van der Waals surface area contributed by atoms with Crippen molar-refractivity contribution in [1.29, 1.82) is 0 Å². The number of hydrogen-bond donors (Lipinski definition) is 0. The molecule has 0 spiro atoms. The highest BCUT2D eigenvalue weighted by Crippen LogP contribution is 2.33. The third kappa shape index (κ3) is 1.59. The Labute approximate surface area is 92.1 Å². The van der Waals surface area contributed by atoms with Crippen molar-refractivity contribution in [3.8, 4) is 0 Å². The van der Waals surface area contributed by atoms with E-state index in [-0.39, 0.29) is 0 Å². The number of rotatable bonds is 0. The Morgan fingerprint density at radius 3 is 2.67 bits per heavy atom. The molecule has 1 nitrogen and oxygen atoms in total. The lowest BCUT2D eigenvalue weighted by Gasteiger charge is -2.42. The fourth-order valence-electron chi connectivity index (χ4n) is 3.35. The van der Waals surface area contributed by atoms with E-state index >= 15 is 0 Å². The number of nitrogens with zero attached hydrogens (tertiary/aromatic N) is 1. The van der Waals surface area contributed by atoms with Gasteiger partial charge in [0.2, 0.25) is 0 Å². The molecule has 2 aliphatic rings. The molecule has 1 aliphatic heterocycles. The second-order valence-corrected chi connectivity index (χ2v) is 5.13. The Kier molecular flexibility index (Phi) is 2.28. The smallest absolute Gasteiger partial charge is 0.0164 e. The molecular formula is C14H19N. The first-order chi connectivity index (χ1) is 7.34. The maximum Gasteiger partial charge on any atom is 0.0164 e. The molecule has 0 saturated carbocycles. The maximum absolute atomic E-state index is 2.57. The molecule has 1 heterocycles. The molecular weight excluding hydrogens is 182 g/mol. The lowest BCUT2D eigenvalue weighted by atomic mass is 9.75. The first-order valence-electron chi connectivity index (χ1n) is 6.11. The van der Waals surface area contributed by atoms with Crippen LogP contribution in [0, 0.1) is 5.92 Å². The predicted molar refractivity (Wildman–Crippen MR) is 63.0 cm³/mol. The standard InChI is InChI=1S/C14H19N/c1-15-8-4-7-13-9-11-5-2-3-6-12(11)10-14(13)15/h2-3,5-6,13-14H,4,7-10H2,1H3/t13-,14-/m0/s1. The second kappa shape index (κ2) is 3.64. The molecule has 0 bridgehead atoms. The van der Waals surface area contributed by atoms with Gasteiger partial charge in [-0.25, -0.2) is 0 Å². The molecule has 0 unspecified atom stereocenters. The van der Waals surface area contributed by atoms with E-state index in [4.69, 9.17) is 0 Å². The van der Waals surface area contributed by atoms with Crippen LogP contribution in [-0.2, 0) is 12.8 Å². The summed E-state index contributed by atoms with van der Waals surface area (Å²) in [5, 5.41) is 0.